The first-order chi connectivity index (χ1) is 14.9. The van der Waals surface area contributed by atoms with Crippen molar-refractivity contribution in [2.75, 3.05) is 0 Å². The molecule has 12 heteroatoms. The number of hydrogen-bond donors (Lipinski definition) is 4. The molecule has 0 spiro atoms. The van der Waals surface area contributed by atoms with Gasteiger partial charge in [0.05, 0.1) is 0 Å². The number of nitrogens with zero attached hydrogens (tertiary/aromatic N) is 6. The minimum atomic E-state index is -1.84. The van der Waals surface area contributed by atoms with E-state index >= 15 is 0 Å². The molecule has 1 fully saturated rings. The van der Waals surface area contributed by atoms with Crippen LogP contribution in [-0.2, 0) is 9.53 Å². The van der Waals surface area contributed by atoms with Gasteiger partial charge in [0.2, 0.25) is 0 Å². The van der Waals surface area contributed by atoms with E-state index in [1.807, 2.05) is 6.07 Å². The average Bonchev–Trinajstić information content (AvgIpc) is 3.23. The number of carboxylic acid groups (broad SMARTS) is 1. The van der Waals surface area contributed by atoms with Crippen LogP contribution in [0.15, 0.2) is 42.9 Å². The van der Waals surface area contributed by atoms with Crippen molar-refractivity contribution < 1.29 is 30.0 Å². The second kappa shape index (κ2) is 8.17. The molecule has 3 aromatic heterocycles. The van der Waals surface area contributed by atoms with Crippen LogP contribution in [0, 0.1) is 11.3 Å². The molecule has 3 aromatic rings. The summed E-state index contributed by atoms with van der Waals surface area (Å²) in [6, 6.07) is 8.19. The number of rotatable bonds is 4. The lowest BCUT2D eigenvalue weighted by Gasteiger charge is -2.38. The van der Waals surface area contributed by atoms with Gasteiger partial charge in [0.1, 0.15) is 30.1 Å². The fourth-order valence-corrected chi connectivity index (χ4v) is 3.22. The first kappa shape index (κ1) is 20.5. The van der Waals surface area contributed by atoms with Crippen LogP contribution in [0.1, 0.15) is 11.9 Å². The van der Waals surface area contributed by atoms with Crippen molar-refractivity contribution in [3.8, 4) is 28.8 Å². The number of carbonyl (C=O) groups is 1. The van der Waals surface area contributed by atoms with Crippen molar-refractivity contribution in [1.29, 1.82) is 5.26 Å². The molecular formula is C19H16N6O6. The molecule has 4 heterocycles. The van der Waals surface area contributed by atoms with Crippen LogP contribution in [0.25, 0.3) is 22.8 Å². The van der Waals surface area contributed by atoms with Gasteiger partial charge in [-0.3, -0.25) is 4.98 Å². The molecule has 31 heavy (non-hydrogen) atoms. The Balaban J connectivity index is 1.85. The van der Waals surface area contributed by atoms with Crippen molar-refractivity contribution in [2.45, 2.75) is 30.6 Å². The van der Waals surface area contributed by atoms with Crippen molar-refractivity contribution in [3.63, 3.8) is 0 Å². The summed E-state index contributed by atoms with van der Waals surface area (Å²) in [5.41, 5.74) is 1.10. The maximum Gasteiger partial charge on any atom is 0.335 e. The van der Waals surface area contributed by atoms with E-state index in [2.05, 4.69) is 20.1 Å². The average molecular weight is 424 g/mol. The van der Waals surface area contributed by atoms with Crippen molar-refractivity contribution in [1.82, 2.24) is 24.7 Å². The number of aliphatic hydroxyl groups excluding tert-OH is 3. The van der Waals surface area contributed by atoms with Crippen LogP contribution in [0.3, 0.4) is 0 Å². The molecule has 4 rings (SSSR count). The zero-order valence-corrected chi connectivity index (χ0v) is 15.7. The first-order valence-corrected chi connectivity index (χ1v) is 9.06. The summed E-state index contributed by atoms with van der Waals surface area (Å²) in [6.07, 6.45) is -4.19. The SMILES string of the molecule is N#Cc1cc(-c2nc(-c3ccncc3)n(C3O[C@H](C(=O)O)[C@@H](O)[C@H](O)[C@H]3O)n2)ccn1. The van der Waals surface area contributed by atoms with E-state index in [0.717, 1.165) is 4.68 Å². The van der Waals surface area contributed by atoms with E-state index in [9.17, 15) is 25.2 Å². The quantitative estimate of drug-likeness (QED) is 0.416. The number of aromatic nitrogens is 5. The molecule has 1 aliphatic rings. The van der Waals surface area contributed by atoms with Crippen LogP contribution in [0.2, 0.25) is 0 Å². The molecule has 158 valence electrons. The van der Waals surface area contributed by atoms with E-state index in [4.69, 9.17) is 10.00 Å². The highest BCUT2D eigenvalue weighted by atomic mass is 16.6. The molecule has 0 bridgehead atoms. The summed E-state index contributed by atoms with van der Waals surface area (Å²) in [5.74, 6) is -1.18. The molecule has 0 radical (unpaired) electrons. The summed E-state index contributed by atoms with van der Waals surface area (Å²) >= 11 is 0. The van der Waals surface area contributed by atoms with Gasteiger partial charge in [-0.25, -0.2) is 19.4 Å². The van der Waals surface area contributed by atoms with E-state index in [-0.39, 0.29) is 17.3 Å². The van der Waals surface area contributed by atoms with Gasteiger partial charge >= 0.3 is 5.97 Å². The summed E-state index contributed by atoms with van der Waals surface area (Å²) in [4.78, 5) is 23.8. The fourth-order valence-electron chi connectivity index (χ4n) is 3.22. The van der Waals surface area contributed by atoms with Crippen LogP contribution in [0.4, 0.5) is 0 Å². The lowest BCUT2D eigenvalue weighted by molar-refractivity contribution is -0.248. The van der Waals surface area contributed by atoms with Crippen molar-refractivity contribution >= 4 is 5.97 Å². The van der Waals surface area contributed by atoms with Crippen LogP contribution in [-0.4, -0.2) is 75.5 Å². The lowest BCUT2D eigenvalue weighted by Crippen LogP contribution is -2.58. The van der Waals surface area contributed by atoms with Crippen molar-refractivity contribution in [2.24, 2.45) is 0 Å². The Hall–Kier alpha value is -3.76. The zero-order chi connectivity index (χ0) is 22.1. The molecule has 0 aliphatic carbocycles. The molecule has 4 N–H and O–H groups in total. The normalized spacial score (nSPS) is 25.7. The second-order valence-corrected chi connectivity index (χ2v) is 6.74. The van der Waals surface area contributed by atoms with E-state index in [1.165, 1.54) is 24.7 Å². The minimum Gasteiger partial charge on any atom is -0.479 e. The molecule has 0 saturated carbocycles. The number of aliphatic hydroxyl groups is 3. The predicted octanol–water partition coefficient (Wildman–Crippen LogP) is -0.662. The third kappa shape index (κ3) is 3.74. The predicted molar refractivity (Wildman–Crippen MR) is 101 cm³/mol. The van der Waals surface area contributed by atoms with E-state index in [1.54, 1.807) is 18.2 Å². The molecule has 1 unspecified atom stereocenters. The summed E-state index contributed by atoms with van der Waals surface area (Å²) in [6.45, 7) is 0. The molecule has 0 amide bonds. The molecule has 1 aliphatic heterocycles. The van der Waals surface area contributed by atoms with Gasteiger partial charge in [0.25, 0.3) is 0 Å². The van der Waals surface area contributed by atoms with Crippen molar-refractivity contribution in [3.05, 3.63) is 48.5 Å². The topological polar surface area (TPSA) is 188 Å². The standard InChI is InChI=1S/C19H16N6O6/c20-8-11-7-10(3-6-22-11)16-23-17(9-1-4-21-5-2-9)25(24-16)18-14(28)12(26)13(27)15(31-18)19(29)30/h1-7,12-15,18,26-28H,(H,29,30)/t12-,13-,14+,15-,18?/m0/s1. The summed E-state index contributed by atoms with van der Waals surface area (Å²) in [5, 5.41) is 53.4. The van der Waals surface area contributed by atoms with E-state index < -0.39 is 36.6 Å². The van der Waals surface area contributed by atoms with E-state index in [0.29, 0.717) is 11.1 Å². The smallest absolute Gasteiger partial charge is 0.335 e. The Morgan fingerprint density at radius 1 is 1.06 bits per heavy atom. The zero-order valence-electron chi connectivity index (χ0n) is 15.7. The van der Waals surface area contributed by atoms with Gasteiger partial charge in [-0.1, -0.05) is 0 Å². The summed E-state index contributed by atoms with van der Waals surface area (Å²) in [7, 11) is 0. The lowest BCUT2D eigenvalue weighted by atomic mass is 9.98. The highest BCUT2D eigenvalue weighted by Gasteiger charge is 2.48. The molecule has 0 aromatic carbocycles. The maximum atomic E-state index is 11.5. The third-order valence-electron chi connectivity index (χ3n) is 4.78. The highest BCUT2D eigenvalue weighted by molar-refractivity contribution is 5.73. The number of carboxylic acids is 1. The maximum absolute atomic E-state index is 11.5. The Morgan fingerprint density at radius 2 is 1.77 bits per heavy atom. The van der Waals surface area contributed by atoms with Crippen LogP contribution in [0.5, 0.6) is 0 Å². The highest BCUT2D eigenvalue weighted by Crippen LogP contribution is 2.33. The molecule has 5 atom stereocenters. The summed E-state index contributed by atoms with van der Waals surface area (Å²) < 4.78 is 6.54. The van der Waals surface area contributed by atoms with Gasteiger partial charge in [-0.15, -0.1) is 5.10 Å². The Morgan fingerprint density at radius 3 is 2.45 bits per heavy atom. The van der Waals surface area contributed by atoms with Gasteiger partial charge < -0.3 is 25.2 Å². The molecule has 1 saturated heterocycles. The Bertz CT molecular complexity index is 1150. The van der Waals surface area contributed by atoms with Gasteiger partial charge in [0, 0.05) is 29.7 Å². The fraction of sp³-hybridized carbons (Fsp3) is 0.263. The largest absolute Gasteiger partial charge is 0.479 e. The number of hydrogen-bond acceptors (Lipinski definition) is 10. The number of nitriles is 1. The molecular weight excluding hydrogens is 408 g/mol. The Labute approximate surface area is 174 Å². The minimum absolute atomic E-state index is 0.137. The van der Waals surface area contributed by atoms with Crippen LogP contribution >= 0.6 is 0 Å². The van der Waals surface area contributed by atoms with Gasteiger partial charge in [-0.2, -0.15) is 5.26 Å². The molecule has 12 nitrogen and oxygen atoms in total. The monoisotopic (exact) mass is 424 g/mol. The number of pyridine rings is 2. The number of ether oxygens (including phenoxy) is 1. The second-order valence-electron chi connectivity index (χ2n) is 6.74. The first-order valence-electron chi connectivity index (χ1n) is 9.06. The third-order valence-corrected chi connectivity index (χ3v) is 4.78. The van der Waals surface area contributed by atoms with Gasteiger partial charge in [0.15, 0.2) is 24.0 Å². The number of aliphatic carboxylic acids is 1. The Kier molecular flexibility index (Phi) is 5.40. The van der Waals surface area contributed by atoms with Crippen LogP contribution < -0.4 is 0 Å². The van der Waals surface area contributed by atoms with Gasteiger partial charge in [-0.05, 0) is 24.3 Å².